The summed E-state index contributed by atoms with van der Waals surface area (Å²) in [6.07, 6.45) is 2.47. The number of rotatable bonds is 6. The van der Waals surface area contributed by atoms with Crippen molar-refractivity contribution < 1.29 is 14.3 Å². The number of thioether (sulfide) groups is 1. The maximum Gasteiger partial charge on any atom is 0.319 e. The van der Waals surface area contributed by atoms with Crippen molar-refractivity contribution in [2.45, 2.75) is 23.4 Å². The van der Waals surface area contributed by atoms with Crippen molar-refractivity contribution in [3.8, 4) is 17.1 Å². The van der Waals surface area contributed by atoms with Gasteiger partial charge in [-0.2, -0.15) is 0 Å². The van der Waals surface area contributed by atoms with Gasteiger partial charge >= 0.3 is 5.97 Å². The topological polar surface area (TPSA) is 66.2 Å². The Labute approximate surface area is 138 Å². The minimum absolute atomic E-state index is 0.193. The first-order valence-electron chi connectivity index (χ1n) is 7.25. The fraction of sp³-hybridized carbons (Fsp3) is 0.312. The lowest BCUT2D eigenvalue weighted by molar-refractivity contribution is -0.137. The summed E-state index contributed by atoms with van der Waals surface area (Å²) in [6, 6.07) is 7.64. The Morgan fingerprint density at radius 2 is 2.30 bits per heavy atom. The molecule has 1 saturated heterocycles. The van der Waals surface area contributed by atoms with E-state index in [4.69, 9.17) is 9.47 Å². The average molecular weight is 331 g/mol. The standard InChI is InChI=1S/C16H17N3O3S/c1-3-9-19-14(11-6-4-5-7-12(11)21-2)17-18-16(19)23-13-8-10-22-15(13)20/h3-7,13H,1,8-10H2,2H3/t13-/m0/s1. The Balaban J connectivity index is 1.98. The molecule has 2 aromatic rings. The number of para-hydroxylation sites is 1. The van der Waals surface area contributed by atoms with E-state index in [1.54, 1.807) is 13.2 Å². The van der Waals surface area contributed by atoms with Gasteiger partial charge in [0, 0.05) is 13.0 Å². The van der Waals surface area contributed by atoms with Crippen LogP contribution in [0.1, 0.15) is 6.42 Å². The Kier molecular flexibility index (Phi) is 4.66. The van der Waals surface area contributed by atoms with E-state index in [1.165, 1.54) is 11.8 Å². The summed E-state index contributed by atoms with van der Waals surface area (Å²) >= 11 is 1.38. The Hall–Kier alpha value is -2.28. The summed E-state index contributed by atoms with van der Waals surface area (Å²) in [6.45, 7) is 4.80. The number of esters is 1. The quantitative estimate of drug-likeness (QED) is 0.599. The van der Waals surface area contributed by atoms with Crippen molar-refractivity contribution in [3.05, 3.63) is 36.9 Å². The number of ether oxygens (including phenoxy) is 2. The summed E-state index contributed by atoms with van der Waals surface area (Å²) in [7, 11) is 1.62. The minimum Gasteiger partial charge on any atom is -0.496 e. The van der Waals surface area contributed by atoms with Crippen molar-refractivity contribution in [2.75, 3.05) is 13.7 Å². The third-order valence-corrected chi connectivity index (χ3v) is 4.74. The van der Waals surface area contributed by atoms with Crippen LogP contribution in [0.5, 0.6) is 5.75 Å². The third kappa shape index (κ3) is 3.10. The molecule has 120 valence electrons. The Bertz CT molecular complexity index is 729. The molecule has 1 aromatic carbocycles. The van der Waals surface area contributed by atoms with E-state index in [9.17, 15) is 4.79 Å². The third-order valence-electron chi connectivity index (χ3n) is 3.51. The lowest BCUT2D eigenvalue weighted by Crippen LogP contribution is -2.11. The van der Waals surface area contributed by atoms with Gasteiger partial charge < -0.3 is 9.47 Å². The van der Waals surface area contributed by atoms with Crippen molar-refractivity contribution >= 4 is 17.7 Å². The predicted molar refractivity (Wildman–Crippen MR) is 87.4 cm³/mol. The van der Waals surface area contributed by atoms with Gasteiger partial charge in [-0.3, -0.25) is 9.36 Å². The molecular weight excluding hydrogens is 314 g/mol. The fourth-order valence-electron chi connectivity index (χ4n) is 2.41. The smallest absolute Gasteiger partial charge is 0.319 e. The highest BCUT2D eigenvalue weighted by Gasteiger charge is 2.30. The number of carbonyl (C=O) groups is 1. The number of cyclic esters (lactones) is 1. The van der Waals surface area contributed by atoms with Gasteiger partial charge in [-0.15, -0.1) is 16.8 Å². The zero-order chi connectivity index (χ0) is 16.2. The van der Waals surface area contributed by atoms with Crippen molar-refractivity contribution in [1.29, 1.82) is 0 Å². The van der Waals surface area contributed by atoms with Gasteiger partial charge in [0.05, 0.1) is 19.3 Å². The first kappa shape index (κ1) is 15.6. The lowest BCUT2D eigenvalue weighted by atomic mass is 10.2. The van der Waals surface area contributed by atoms with Gasteiger partial charge in [0.1, 0.15) is 11.0 Å². The van der Waals surface area contributed by atoms with Crippen LogP contribution in [0.15, 0.2) is 42.1 Å². The van der Waals surface area contributed by atoms with Gasteiger partial charge in [0.15, 0.2) is 11.0 Å². The molecule has 1 atom stereocenters. The van der Waals surface area contributed by atoms with E-state index >= 15 is 0 Å². The molecule has 1 fully saturated rings. The fourth-order valence-corrected chi connectivity index (χ4v) is 3.42. The van der Waals surface area contributed by atoms with E-state index in [-0.39, 0.29) is 11.2 Å². The van der Waals surface area contributed by atoms with Crippen LogP contribution in [-0.2, 0) is 16.1 Å². The van der Waals surface area contributed by atoms with Gasteiger partial charge in [-0.05, 0) is 12.1 Å². The summed E-state index contributed by atoms with van der Waals surface area (Å²) in [5.41, 5.74) is 0.852. The monoisotopic (exact) mass is 331 g/mol. The average Bonchev–Trinajstić information content (AvgIpc) is 3.15. The van der Waals surface area contributed by atoms with Gasteiger partial charge in [0.25, 0.3) is 0 Å². The number of hydrogen-bond acceptors (Lipinski definition) is 6. The lowest BCUT2D eigenvalue weighted by Gasteiger charge is -2.11. The maximum absolute atomic E-state index is 11.7. The molecule has 0 radical (unpaired) electrons. The van der Waals surface area contributed by atoms with Gasteiger partial charge in [0.2, 0.25) is 0 Å². The molecule has 0 bridgehead atoms. The molecule has 1 aliphatic rings. The Morgan fingerprint density at radius 3 is 3.00 bits per heavy atom. The summed E-state index contributed by atoms with van der Waals surface area (Å²) in [5.74, 6) is 1.22. The molecule has 7 heteroatoms. The second kappa shape index (κ2) is 6.87. The molecular formula is C16H17N3O3S. The normalized spacial score (nSPS) is 17.1. The summed E-state index contributed by atoms with van der Waals surface area (Å²) in [5, 5.41) is 8.99. The van der Waals surface area contributed by atoms with Gasteiger partial charge in [-0.25, -0.2) is 0 Å². The maximum atomic E-state index is 11.7. The largest absolute Gasteiger partial charge is 0.496 e. The number of nitrogens with zero attached hydrogens (tertiary/aromatic N) is 3. The van der Waals surface area contributed by atoms with Crippen LogP contribution in [0, 0.1) is 0 Å². The molecule has 6 nitrogen and oxygen atoms in total. The zero-order valence-corrected chi connectivity index (χ0v) is 13.6. The van der Waals surface area contributed by atoms with E-state index in [0.29, 0.717) is 30.6 Å². The predicted octanol–water partition coefficient (Wildman–Crippen LogP) is 2.55. The number of hydrogen-bond donors (Lipinski definition) is 0. The SMILES string of the molecule is C=CCn1c(S[C@H]2CCOC2=O)nnc1-c1ccccc1OC. The summed E-state index contributed by atoms with van der Waals surface area (Å²) in [4.78, 5) is 11.7. The van der Waals surface area contributed by atoms with E-state index in [0.717, 1.165) is 11.3 Å². The number of aromatic nitrogens is 3. The molecule has 1 aliphatic heterocycles. The molecule has 1 aromatic heterocycles. The summed E-state index contributed by atoms with van der Waals surface area (Å²) < 4.78 is 12.3. The zero-order valence-electron chi connectivity index (χ0n) is 12.8. The van der Waals surface area contributed by atoms with Crippen LogP contribution < -0.4 is 4.74 Å². The molecule has 0 amide bonds. The molecule has 0 unspecified atom stereocenters. The number of carbonyl (C=O) groups excluding carboxylic acids is 1. The van der Waals surface area contributed by atoms with E-state index < -0.39 is 0 Å². The molecule has 3 rings (SSSR count). The van der Waals surface area contributed by atoms with Crippen LogP contribution in [0.2, 0.25) is 0 Å². The first-order chi connectivity index (χ1) is 11.2. The van der Waals surface area contributed by atoms with Crippen molar-refractivity contribution in [3.63, 3.8) is 0 Å². The highest BCUT2D eigenvalue weighted by atomic mass is 32.2. The highest BCUT2D eigenvalue weighted by Crippen LogP contribution is 2.33. The van der Waals surface area contributed by atoms with Crippen LogP contribution in [0.3, 0.4) is 0 Å². The molecule has 0 saturated carbocycles. The first-order valence-corrected chi connectivity index (χ1v) is 8.13. The molecule has 0 aliphatic carbocycles. The molecule has 23 heavy (non-hydrogen) atoms. The van der Waals surface area contributed by atoms with Crippen molar-refractivity contribution in [1.82, 2.24) is 14.8 Å². The molecule has 0 N–H and O–H groups in total. The van der Waals surface area contributed by atoms with Gasteiger partial charge in [-0.1, -0.05) is 30.0 Å². The van der Waals surface area contributed by atoms with E-state index in [1.807, 2.05) is 28.8 Å². The number of benzene rings is 1. The van der Waals surface area contributed by atoms with Crippen LogP contribution >= 0.6 is 11.8 Å². The minimum atomic E-state index is -0.228. The number of methoxy groups -OCH3 is 1. The van der Waals surface area contributed by atoms with Crippen LogP contribution in [0.25, 0.3) is 11.4 Å². The van der Waals surface area contributed by atoms with Crippen LogP contribution in [0.4, 0.5) is 0 Å². The van der Waals surface area contributed by atoms with Crippen molar-refractivity contribution in [2.24, 2.45) is 0 Å². The highest BCUT2D eigenvalue weighted by molar-refractivity contribution is 8.00. The molecule has 2 heterocycles. The second-order valence-corrected chi connectivity index (χ2v) is 6.14. The second-order valence-electron chi connectivity index (χ2n) is 4.97. The van der Waals surface area contributed by atoms with Crippen LogP contribution in [-0.4, -0.2) is 39.7 Å². The molecule has 0 spiro atoms. The Morgan fingerprint density at radius 1 is 1.48 bits per heavy atom. The van der Waals surface area contributed by atoms with E-state index in [2.05, 4.69) is 16.8 Å². The number of allylic oxidation sites excluding steroid dienone is 1.